The van der Waals surface area contributed by atoms with Crippen LogP contribution in [0.2, 0.25) is 0 Å². The van der Waals surface area contributed by atoms with E-state index in [1.807, 2.05) is 6.07 Å². The second-order valence-electron chi connectivity index (χ2n) is 6.40. The zero-order valence-corrected chi connectivity index (χ0v) is 12.6. The maximum Gasteiger partial charge on any atom is 0.182 e. The third kappa shape index (κ3) is 1.98. The molecule has 0 saturated heterocycles. The van der Waals surface area contributed by atoms with Crippen molar-refractivity contribution in [1.29, 1.82) is 0 Å². The van der Waals surface area contributed by atoms with Crippen LogP contribution >= 0.6 is 0 Å². The van der Waals surface area contributed by atoms with Gasteiger partial charge in [0.1, 0.15) is 23.2 Å². The second-order valence-corrected chi connectivity index (χ2v) is 6.40. The number of benzene rings is 1. The summed E-state index contributed by atoms with van der Waals surface area (Å²) in [6.45, 7) is 0. The molecule has 1 aromatic carbocycles. The number of imidazole rings is 1. The second kappa shape index (κ2) is 4.68. The van der Waals surface area contributed by atoms with E-state index in [1.165, 1.54) is 12.0 Å². The molecule has 6 nitrogen and oxygen atoms in total. The molecule has 0 amide bonds. The number of ether oxygens (including phenoxy) is 1. The lowest BCUT2D eigenvalue weighted by Gasteiger charge is -2.48. The highest BCUT2D eigenvalue weighted by molar-refractivity contribution is 5.82. The summed E-state index contributed by atoms with van der Waals surface area (Å²) >= 11 is 0. The fraction of sp³-hybridized carbons (Fsp3) is 0.353. The zero-order chi connectivity index (χ0) is 15.3. The van der Waals surface area contributed by atoms with Crippen molar-refractivity contribution in [2.45, 2.75) is 37.3 Å². The summed E-state index contributed by atoms with van der Waals surface area (Å²) in [5, 5.41) is 3.59. The van der Waals surface area contributed by atoms with Crippen molar-refractivity contribution < 1.29 is 4.74 Å². The average Bonchev–Trinajstić information content (AvgIpc) is 3.03. The first kappa shape index (κ1) is 12.9. The number of nitrogens with zero attached hydrogens (tertiary/aromatic N) is 3. The fourth-order valence-electron chi connectivity index (χ4n) is 3.66. The first-order chi connectivity index (χ1) is 11.3. The lowest BCUT2D eigenvalue weighted by Crippen LogP contribution is -2.48. The summed E-state index contributed by atoms with van der Waals surface area (Å²) < 4.78 is 6.30. The highest BCUT2D eigenvalue weighted by atomic mass is 16.5. The van der Waals surface area contributed by atoms with Gasteiger partial charge >= 0.3 is 0 Å². The quantitative estimate of drug-likeness (QED) is 0.760. The van der Waals surface area contributed by atoms with Crippen molar-refractivity contribution in [3.8, 4) is 5.75 Å². The summed E-state index contributed by atoms with van der Waals surface area (Å²) in [6, 6.07) is 8.47. The van der Waals surface area contributed by atoms with Crippen LogP contribution < -0.4 is 10.1 Å². The van der Waals surface area contributed by atoms with Crippen molar-refractivity contribution in [2.75, 3.05) is 5.32 Å². The molecule has 2 aliphatic rings. The minimum Gasteiger partial charge on any atom is -0.487 e. The molecule has 1 atom stereocenters. The standard InChI is InChI=1S/C17H17N5O/c1-2-5-13-11(4-1)12(8-17(23-13)6-3-7-17)22-16-14-15(19-9-18-14)20-10-21-16/h1-2,4-5,9-10,12H,3,6-8H2,(H2,18,19,20,21,22). The predicted molar refractivity (Wildman–Crippen MR) is 86.3 cm³/mol. The van der Waals surface area contributed by atoms with Crippen molar-refractivity contribution >= 4 is 17.0 Å². The van der Waals surface area contributed by atoms with Gasteiger partial charge in [0, 0.05) is 12.0 Å². The smallest absolute Gasteiger partial charge is 0.182 e. The third-order valence-electron chi connectivity index (χ3n) is 5.00. The van der Waals surface area contributed by atoms with Crippen LogP contribution in [0, 0.1) is 0 Å². The topological polar surface area (TPSA) is 75.7 Å². The number of H-pyrrole nitrogens is 1. The average molecular weight is 307 g/mol. The first-order valence-corrected chi connectivity index (χ1v) is 8.02. The van der Waals surface area contributed by atoms with Gasteiger partial charge in [-0.15, -0.1) is 0 Å². The van der Waals surface area contributed by atoms with Crippen molar-refractivity contribution in [2.24, 2.45) is 0 Å². The number of hydrogen-bond donors (Lipinski definition) is 2. The molecule has 116 valence electrons. The molecule has 1 aliphatic heterocycles. The molecule has 0 radical (unpaired) electrons. The Bertz CT molecular complexity index is 870. The lowest BCUT2D eigenvalue weighted by molar-refractivity contribution is -0.0309. The number of aromatic amines is 1. The minimum atomic E-state index is -0.00779. The molecule has 6 heteroatoms. The molecular weight excluding hydrogens is 290 g/mol. The van der Waals surface area contributed by atoms with Gasteiger partial charge in [0.25, 0.3) is 0 Å². The van der Waals surface area contributed by atoms with Crippen LogP contribution in [-0.2, 0) is 0 Å². The molecule has 5 rings (SSSR count). The summed E-state index contributed by atoms with van der Waals surface area (Å²) in [6.07, 6.45) is 7.66. The SMILES string of the molecule is c1ccc2c(c1)OC1(CCC1)CC2Nc1ncnc2nc[nH]c12. The van der Waals surface area contributed by atoms with E-state index >= 15 is 0 Å². The molecule has 3 aromatic rings. The van der Waals surface area contributed by atoms with E-state index < -0.39 is 0 Å². The summed E-state index contributed by atoms with van der Waals surface area (Å²) in [4.78, 5) is 15.9. The fourth-order valence-corrected chi connectivity index (χ4v) is 3.66. The minimum absolute atomic E-state index is 0.00779. The van der Waals surface area contributed by atoms with Gasteiger partial charge in [-0.05, 0) is 25.3 Å². The van der Waals surface area contributed by atoms with Gasteiger partial charge in [0.15, 0.2) is 11.5 Å². The van der Waals surface area contributed by atoms with Crippen molar-refractivity contribution in [3.05, 3.63) is 42.5 Å². The number of anilines is 1. The Kier molecular flexibility index (Phi) is 2.62. The first-order valence-electron chi connectivity index (χ1n) is 8.02. The Morgan fingerprint density at radius 2 is 2.09 bits per heavy atom. The summed E-state index contributed by atoms with van der Waals surface area (Å²) in [5.74, 6) is 1.79. The Morgan fingerprint density at radius 3 is 2.96 bits per heavy atom. The van der Waals surface area contributed by atoms with Crippen LogP contribution in [0.3, 0.4) is 0 Å². The number of fused-ring (bicyclic) bond motifs is 2. The number of nitrogens with one attached hydrogen (secondary N) is 2. The van der Waals surface area contributed by atoms with Crippen LogP contribution in [0.1, 0.15) is 37.3 Å². The van der Waals surface area contributed by atoms with Crippen LogP contribution in [0.5, 0.6) is 5.75 Å². The molecule has 1 unspecified atom stereocenters. The number of aromatic nitrogens is 4. The van der Waals surface area contributed by atoms with Gasteiger partial charge in [-0.25, -0.2) is 15.0 Å². The van der Waals surface area contributed by atoms with E-state index in [-0.39, 0.29) is 11.6 Å². The third-order valence-corrected chi connectivity index (χ3v) is 5.00. The van der Waals surface area contributed by atoms with Gasteiger partial charge in [0.2, 0.25) is 0 Å². The molecule has 3 heterocycles. The van der Waals surface area contributed by atoms with E-state index in [4.69, 9.17) is 4.74 Å². The maximum atomic E-state index is 6.30. The molecule has 2 aromatic heterocycles. The van der Waals surface area contributed by atoms with E-state index in [2.05, 4.69) is 43.5 Å². The Morgan fingerprint density at radius 1 is 1.17 bits per heavy atom. The molecule has 0 bridgehead atoms. The predicted octanol–water partition coefficient (Wildman–Crippen LogP) is 3.21. The number of para-hydroxylation sites is 1. The van der Waals surface area contributed by atoms with Crippen molar-refractivity contribution in [3.63, 3.8) is 0 Å². The Labute approximate surface area is 133 Å². The molecular formula is C17H17N5O. The highest BCUT2D eigenvalue weighted by Gasteiger charge is 2.45. The van der Waals surface area contributed by atoms with Crippen molar-refractivity contribution in [1.82, 2.24) is 19.9 Å². The monoisotopic (exact) mass is 307 g/mol. The van der Waals surface area contributed by atoms with E-state index in [9.17, 15) is 0 Å². The molecule has 1 spiro atoms. The van der Waals surface area contributed by atoms with E-state index in [0.717, 1.165) is 36.3 Å². The van der Waals surface area contributed by atoms with Gasteiger partial charge in [-0.3, -0.25) is 0 Å². The van der Waals surface area contributed by atoms with Gasteiger partial charge in [0.05, 0.1) is 12.4 Å². The normalized spacial score (nSPS) is 21.5. The molecule has 23 heavy (non-hydrogen) atoms. The maximum absolute atomic E-state index is 6.30. The largest absolute Gasteiger partial charge is 0.487 e. The molecule has 1 fully saturated rings. The Hall–Kier alpha value is -2.63. The molecule has 1 saturated carbocycles. The van der Waals surface area contributed by atoms with Gasteiger partial charge < -0.3 is 15.0 Å². The molecule has 2 N–H and O–H groups in total. The Balaban J connectivity index is 1.55. The van der Waals surface area contributed by atoms with Crippen LogP contribution in [0.15, 0.2) is 36.9 Å². The van der Waals surface area contributed by atoms with Gasteiger partial charge in [-0.1, -0.05) is 18.2 Å². The number of rotatable bonds is 2. The van der Waals surface area contributed by atoms with Gasteiger partial charge in [-0.2, -0.15) is 0 Å². The van der Waals surface area contributed by atoms with E-state index in [0.29, 0.717) is 5.65 Å². The zero-order valence-electron chi connectivity index (χ0n) is 12.6. The number of hydrogen-bond acceptors (Lipinski definition) is 5. The summed E-state index contributed by atoms with van der Waals surface area (Å²) in [7, 11) is 0. The van der Waals surface area contributed by atoms with E-state index in [1.54, 1.807) is 12.7 Å². The molecule has 1 aliphatic carbocycles. The van der Waals surface area contributed by atoms with Crippen LogP contribution in [0.4, 0.5) is 5.82 Å². The van der Waals surface area contributed by atoms with Crippen LogP contribution in [0.25, 0.3) is 11.2 Å². The highest BCUT2D eigenvalue weighted by Crippen LogP contribution is 2.49. The van der Waals surface area contributed by atoms with Crippen LogP contribution in [-0.4, -0.2) is 25.5 Å². The lowest BCUT2D eigenvalue weighted by atomic mass is 9.73. The summed E-state index contributed by atoms with van der Waals surface area (Å²) in [5.41, 5.74) is 2.71.